The van der Waals surface area contributed by atoms with Gasteiger partial charge < -0.3 is 19.8 Å². The summed E-state index contributed by atoms with van der Waals surface area (Å²) < 4.78 is 9.95. The molecular formula is C19H20N2O4. The lowest BCUT2D eigenvalue weighted by atomic mass is 9.80. The molecule has 25 heavy (non-hydrogen) atoms. The molecule has 3 rings (SSSR count). The molecule has 0 saturated heterocycles. The number of hydrogen-bond acceptors (Lipinski definition) is 5. The van der Waals surface area contributed by atoms with Crippen LogP contribution in [0.25, 0.3) is 10.9 Å². The van der Waals surface area contributed by atoms with Gasteiger partial charge in [0.1, 0.15) is 0 Å². The number of para-hydroxylation sites is 1. The van der Waals surface area contributed by atoms with Crippen LogP contribution in [-0.4, -0.2) is 31.1 Å². The summed E-state index contributed by atoms with van der Waals surface area (Å²) in [6, 6.07) is 7.75. The number of hydrogen-bond donors (Lipinski definition) is 2. The van der Waals surface area contributed by atoms with E-state index in [1.807, 2.05) is 30.5 Å². The van der Waals surface area contributed by atoms with Gasteiger partial charge in [-0.25, -0.2) is 9.59 Å². The van der Waals surface area contributed by atoms with Gasteiger partial charge in [-0.2, -0.15) is 0 Å². The third-order valence-electron chi connectivity index (χ3n) is 4.50. The Morgan fingerprint density at radius 1 is 0.960 bits per heavy atom. The van der Waals surface area contributed by atoms with Gasteiger partial charge in [-0.3, -0.25) is 0 Å². The molecule has 0 aliphatic carbocycles. The van der Waals surface area contributed by atoms with Gasteiger partial charge in [0.05, 0.1) is 31.3 Å². The van der Waals surface area contributed by atoms with E-state index in [1.54, 1.807) is 13.8 Å². The van der Waals surface area contributed by atoms with E-state index in [9.17, 15) is 9.59 Å². The molecule has 1 aromatic carbocycles. The van der Waals surface area contributed by atoms with E-state index in [1.165, 1.54) is 14.2 Å². The van der Waals surface area contributed by atoms with E-state index in [2.05, 4.69) is 10.3 Å². The Hall–Kier alpha value is -3.02. The fraction of sp³-hybridized carbons (Fsp3) is 0.263. The second-order valence-corrected chi connectivity index (χ2v) is 5.91. The molecule has 0 unspecified atom stereocenters. The first-order valence-corrected chi connectivity index (χ1v) is 7.90. The van der Waals surface area contributed by atoms with Gasteiger partial charge in [0.2, 0.25) is 0 Å². The average molecular weight is 340 g/mol. The number of allylic oxidation sites excluding steroid dienone is 2. The fourth-order valence-electron chi connectivity index (χ4n) is 3.40. The predicted molar refractivity (Wildman–Crippen MR) is 93.6 cm³/mol. The molecule has 130 valence electrons. The van der Waals surface area contributed by atoms with E-state index in [0.29, 0.717) is 22.5 Å². The fourth-order valence-corrected chi connectivity index (χ4v) is 3.40. The number of ether oxygens (including phenoxy) is 2. The normalized spacial score (nSPS) is 15.4. The van der Waals surface area contributed by atoms with Crippen LogP contribution in [0.3, 0.4) is 0 Å². The zero-order valence-corrected chi connectivity index (χ0v) is 14.6. The highest BCUT2D eigenvalue weighted by Gasteiger charge is 2.38. The summed E-state index contributed by atoms with van der Waals surface area (Å²) in [7, 11) is 2.66. The number of carbonyl (C=O) groups excluding carboxylic acids is 2. The van der Waals surface area contributed by atoms with Crippen molar-refractivity contribution in [3.8, 4) is 0 Å². The van der Waals surface area contributed by atoms with Crippen molar-refractivity contribution in [2.45, 2.75) is 19.8 Å². The van der Waals surface area contributed by atoms with Crippen LogP contribution in [0.5, 0.6) is 0 Å². The van der Waals surface area contributed by atoms with Gasteiger partial charge in [0.15, 0.2) is 0 Å². The number of aromatic amines is 1. The van der Waals surface area contributed by atoms with Crippen molar-refractivity contribution in [3.63, 3.8) is 0 Å². The first-order chi connectivity index (χ1) is 12.0. The zero-order chi connectivity index (χ0) is 18.1. The number of nitrogens with one attached hydrogen (secondary N) is 2. The third-order valence-corrected chi connectivity index (χ3v) is 4.50. The van der Waals surface area contributed by atoms with Crippen LogP contribution in [0.4, 0.5) is 0 Å². The Morgan fingerprint density at radius 2 is 1.52 bits per heavy atom. The highest BCUT2D eigenvalue weighted by molar-refractivity contribution is 6.01. The molecule has 0 bridgehead atoms. The van der Waals surface area contributed by atoms with E-state index in [4.69, 9.17) is 9.47 Å². The Labute approximate surface area is 145 Å². The second-order valence-electron chi connectivity index (χ2n) is 5.91. The Kier molecular flexibility index (Phi) is 4.35. The zero-order valence-electron chi connectivity index (χ0n) is 14.6. The van der Waals surface area contributed by atoms with Gasteiger partial charge in [-0.05, 0) is 25.5 Å². The molecule has 6 nitrogen and oxygen atoms in total. The van der Waals surface area contributed by atoms with Crippen molar-refractivity contribution in [2.75, 3.05) is 14.2 Å². The minimum absolute atomic E-state index is 0.401. The average Bonchev–Trinajstić information content (AvgIpc) is 3.03. The molecule has 0 amide bonds. The number of benzene rings is 1. The lowest BCUT2D eigenvalue weighted by Crippen LogP contribution is -2.31. The van der Waals surface area contributed by atoms with Crippen LogP contribution in [0, 0.1) is 0 Å². The first-order valence-electron chi connectivity index (χ1n) is 7.90. The molecule has 2 N–H and O–H groups in total. The number of rotatable bonds is 3. The van der Waals surface area contributed by atoms with Crippen molar-refractivity contribution in [1.82, 2.24) is 10.3 Å². The van der Waals surface area contributed by atoms with Crippen molar-refractivity contribution >= 4 is 22.8 Å². The SMILES string of the molecule is COC(=O)C1=C(C)NC(C)=C(C(=O)OC)C1c1c[nH]c2ccccc12. The van der Waals surface area contributed by atoms with Gasteiger partial charge in [-0.1, -0.05) is 18.2 Å². The summed E-state index contributed by atoms with van der Waals surface area (Å²) in [4.78, 5) is 28.2. The van der Waals surface area contributed by atoms with Crippen LogP contribution in [0.2, 0.25) is 0 Å². The largest absolute Gasteiger partial charge is 0.466 e. The predicted octanol–water partition coefficient (Wildman–Crippen LogP) is 2.75. The molecule has 6 heteroatoms. The lowest BCUT2D eigenvalue weighted by molar-refractivity contribution is -0.137. The summed E-state index contributed by atoms with van der Waals surface area (Å²) in [5, 5.41) is 4.04. The van der Waals surface area contributed by atoms with E-state index >= 15 is 0 Å². The molecule has 0 radical (unpaired) electrons. The molecule has 1 aromatic heterocycles. The summed E-state index contributed by atoms with van der Waals surface area (Å²) in [5.74, 6) is -1.53. The smallest absolute Gasteiger partial charge is 0.336 e. The Morgan fingerprint density at radius 3 is 2.08 bits per heavy atom. The van der Waals surface area contributed by atoms with Gasteiger partial charge >= 0.3 is 11.9 Å². The Balaban J connectivity index is 2.29. The maximum atomic E-state index is 12.5. The molecule has 2 aromatic rings. The van der Waals surface area contributed by atoms with Gasteiger partial charge in [0.25, 0.3) is 0 Å². The topological polar surface area (TPSA) is 80.4 Å². The molecular weight excluding hydrogens is 320 g/mol. The molecule has 1 aliphatic heterocycles. The maximum absolute atomic E-state index is 12.5. The monoisotopic (exact) mass is 340 g/mol. The van der Waals surface area contributed by atoms with Crippen LogP contribution in [-0.2, 0) is 19.1 Å². The Bertz CT molecular complexity index is 882. The van der Waals surface area contributed by atoms with Crippen LogP contribution >= 0.6 is 0 Å². The number of fused-ring (bicyclic) bond motifs is 1. The molecule has 2 heterocycles. The minimum Gasteiger partial charge on any atom is -0.466 e. The maximum Gasteiger partial charge on any atom is 0.336 e. The summed E-state index contributed by atoms with van der Waals surface area (Å²) in [6.45, 7) is 3.59. The highest BCUT2D eigenvalue weighted by Crippen LogP contribution is 2.41. The first kappa shape index (κ1) is 16.8. The van der Waals surface area contributed by atoms with Crippen molar-refractivity contribution in [2.24, 2.45) is 0 Å². The number of dihydropyridines is 1. The summed E-state index contributed by atoms with van der Waals surface area (Å²) in [6.07, 6.45) is 1.83. The standard InChI is InChI=1S/C19H20N2O4/c1-10-15(18(22)24-3)17(16(11(2)21-10)19(23)25-4)13-9-20-14-8-6-5-7-12(13)14/h5-9,17,20-21H,1-4H3. The van der Waals surface area contributed by atoms with Crippen molar-refractivity contribution < 1.29 is 19.1 Å². The van der Waals surface area contributed by atoms with Crippen LogP contribution < -0.4 is 5.32 Å². The molecule has 0 saturated carbocycles. The van der Waals surface area contributed by atoms with Gasteiger partial charge in [-0.15, -0.1) is 0 Å². The minimum atomic E-state index is -0.572. The van der Waals surface area contributed by atoms with E-state index in [-0.39, 0.29) is 0 Å². The van der Waals surface area contributed by atoms with Crippen molar-refractivity contribution in [1.29, 1.82) is 0 Å². The molecule has 0 atom stereocenters. The highest BCUT2D eigenvalue weighted by atomic mass is 16.5. The number of carbonyl (C=O) groups is 2. The summed E-state index contributed by atoms with van der Waals surface area (Å²) >= 11 is 0. The second kappa shape index (κ2) is 6.47. The third kappa shape index (κ3) is 2.69. The van der Waals surface area contributed by atoms with Crippen molar-refractivity contribution in [3.05, 3.63) is 58.6 Å². The summed E-state index contributed by atoms with van der Waals surface area (Å²) in [5.41, 5.74) is 3.88. The van der Waals surface area contributed by atoms with E-state index < -0.39 is 17.9 Å². The number of H-pyrrole nitrogens is 1. The molecule has 0 spiro atoms. The molecule has 0 fully saturated rings. The number of esters is 2. The van der Waals surface area contributed by atoms with Crippen LogP contribution in [0.1, 0.15) is 25.3 Å². The quantitative estimate of drug-likeness (QED) is 0.840. The van der Waals surface area contributed by atoms with Crippen LogP contribution in [0.15, 0.2) is 53.0 Å². The lowest BCUT2D eigenvalue weighted by Gasteiger charge is -2.29. The van der Waals surface area contributed by atoms with Gasteiger partial charge in [0, 0.05) is 28.5 Å². The number of aromatic nitrogens is 1. The number of methoxy groups -OCH3 is 2. The van der Waals surface area contributed by atoms with E-state index in [0.717, 1.165) is 16.5 Å². The molecule has 1 aliphatic rings.